The fraction of sp³-hybridized carbons (Fsp3) is 0.300. The minimum absolute atomic E-state index is 0.0143. The van der Waals surface area contributed by atoms with Crippen molar-refractivity contribution < 1.29 is 99.3 Å². The van der Waals surface area contributed by atoms with Crippen molar-refractivity contribution >= 4 is 107 Å². The standard InChI is InChI=1S/C90H87Cl6F6N6O16PS3/c1-85(2,79-58(91)19-16-20-59(79)92)82-103-76(88(7,8)109)40-106(82)70-28-25-49(31-67(70)100)52-34-64(97)55(73(37-52)126(13,113)114)43-119-46-122-125(112,123-47-120-44-56-65(98)35-53(38-74(56)127(14,115)116)50-26-29-71(68(101)32-50)107-41-77(89(9,10)110)104-83(107)86(3,4)80-60(93)21-17-22-61(80)94)124-48-121-45-57-66(99)36-54(39-75(57)128(15,117)118)51-27-30-72(69(102)33-51)108-42-78(90(11,12)111)105-84(108)87(5,6)81-62(95)23-18-24-63(81)96/h16-42,109-111H,43-48H2,1-15H3. The van der Waals surface area contributed by atoms with Gasteiger partial charge in [-0.2, -0.15) is 0 Å². The zero-order chi connectivity index (χ0) is 94.2. The molecule has 680 valence electrons. The number of sulfone groups is 3. The predicted octanol–water partition coefficient (Wildman–Crippen LogP) is 21.9. The van der Waals surface area contributed by atoms with Gasteiger partial charge in [0.25, 0.3) is 0 Å². The van der Waals surface area contributed by atoms with Crippen LogP contribution in [0.15, 0.2) is 179 Å². The second kappa shape index (κ2) is 37.0. The fourth-order valence-corrected chi connectivity index (χ4v) is 21.0. The predicted molar refractivity (Wildman–Crippen MR) is 477 cm³/mol. The molecular weight excluding hydrogens is 1870 g/mol. The van der Waals surface area contributed by atoms with E-state index in [1.807, 2.05) is 0 Å². The summed E-state index contributed by atoms with van der Waals surface area (Å²) < 4.78 is 234. The van der Waals surface area contributed by atoms with Gasteiger partial charge in [-0.25, -0.2) is 71.1 Å². The Hall–Kier alpha value is -8.35. The van der Waals surface area contributed by atoms with E-state index < -0.39 is 177 Å². The Kier molecular flexibility index (Phi) is 28.5. The van der Waals surface area contributed by atoms with Gasteiger partial charge < -0.3 is 29.5 Å². The third kappa shape index (κ3) is 20.9. The van der Waals surface area contributed by atoms with Crippen molar-refractivity contribution in [2.75, 3.05) is 39.1 Å². The molecule has 0 aliphatic carbocycles. The Balaban J connectivity index is 0.810. The number of aromatic nitrogens is 6. The molecule has 0 aliphatic rings. The summed E-state index contributed by atoms with van der Waals surface area (Å²) in [6, 6.07) is 31.7. The van der Waals surface area contributed by atoms with Crippen LogP contribution in [0.5, 0.6) is 0 Å². The number of phosphoric acid groups is 1. The van der Waals surface area contributed by atoms with Crippen molar-refractivity contribution in [2.24, 2.45) is 0 Å². The van der Waals surface area contributed by atoms with Crippen LogP contribution in [0.25, 0.3) is 50.4 Å². The molecule has 12 aromatic rings. The van der Waals surface area contributed by atoms with Crippen molar-refractivity contribution in [1.29, 1.82) is 0 Å². The summed E-state index contributed by atoms with van der Waals surface area (Å²) in [6.07, 6.45) is 6.56. The Morgan fingerprint density at radius 3 is 0.766 bits per heavy atom. The average Bonchev–Trinajstić information content (AvgIpc) is 1.59. The van der Waals surface area contributed by atoms with E-state index in [2.05, 4.69) is 0 Å². The maximum Gasteiger partial charge on any atom is 0.481 e. The molecule has 12 rings (SSSR count). The molecule has 0 saturated heterocycles. The van der Waals surface area contributed by atoms with Gasteiger partial charge in [0.05, 0.1) is 84.9 Å². The minimum Gasteiger partial charge on any atom is -0.384 e. The molecule has 0 fully saturated rings. The van der Waals surface area contributed by atoms with E-state index in [1.165, 1.54) is 110 Å². The SMILES string of the molecule is CC(C)(O)c1cn(-c2ccc(-c3cc(F)c(COCOP(=O)(OCOCc4c(F)cc(-c5ccc(-n6cc(C(C)(C)O)nc6C(C)(C)c6c(Cl)cccc6Cl)c(F)c5)cc4S(C)(=O)=O)OCOCc4c(F)cc(-c5ccc(-n6cc(C(C)(C)O)nc6C(C)(C)c6c(Cl)cccc6Cl)c(F)c5)cc4S(C)(=O)=O)c(S(C)(=O)=O)c3)cc2F)c(C(C)(C)c2c(Cl)cccc2Cl)n1. The number of hydrogen-bond donors (Lipinski definition) is 3. The van der Waals surface area contributed by atoms with Gasteiger partial charge in [-0.3, -0.25) is 27.3 Å². The molecule has 0 atom stereocenters. The van der Waals surface area contributed by atoms with Crippen LogP contribution < -0.4 is 0 Å². The summed E-state index contributed by atoms with van der Waals surface area (Å²) in [5.74, 6) is -5.72. The third-order valence-corrected chi connectivity index (χ3v) is 28.0. The Morgan fingerprint density at radius 1 is 0.344 bits per heavy atom. The highest BCUT2D eigenvalue weighted by molar-refractivity contribution is 7.91. The lowest BCUT2D eigenvalue weighted by Gasteiger charge is -2.28. The molecule has 3 aromatic heterocycles. The molecule has 9 aromatic carbocycles. The topological polar surface area (TPSA) is 289 Å². The van der Waals surface area contributed by atoms with Crippen molar-refractivity contribution in [3.8, 4) is 50.4 Å². The quantitative estimate of drug-likeness (QED) is 0.0149. The molecule has 3 heterocycles. The highest BCUT2D eigenvalue weighted by Gasteiger charge is 2.41. The first kappa shape index (κ1) is 98.7. The number of rotatable bonds is 33. The lowest BCUT2D eigenvalue weighted by atomic mass is 9.83. The molecule has 3 N–H and O–H groups in total. The summed E-state index contributed by atoms with van der Waals surface area (Å²) >= 11 is 40.1. The van der Waals surface area contributed by atoms with Crippen LogP contribution in [0.2, 0.25) is 30.1 Å². The van der Waals surface area contributed by atoms with Crippen LogP contribution >= 0.6 is 77.4 Å². The zero-order valence-electron chi connectivity index (χ0n) is 71.4. The van der Waals surface area contributed by atoms with E-state index in [0.717, 1.165) is 73.4 Å². The molecule has 128 heavy (non-hydrogen) atoms. The molecule has 0 spiro atoms. The summed E-state index contributed by atoms with van der Waals surface area (Å²) in [5, 5.41) is 35.0. The highest BCUT2D eigenvalue weighted by Crippen LogP contribution is 2.51. The van der Waals surface area contributed by atoms with Gasteiger partial charge in [-0.05, 0) is 226 Å². The number of nitrogens with zero attached hydrogens (tertiary/aromatic N) is 6. The maximum atomic E-state index is 16.8. The van der Waals surface area contributed by atoms with E-state index in [0.29, 0.717) is 16.7 Å². The molecule has 0 unspecified atom stereocenters. The molecule has 38 heteroatoms. The van der Waals surface area contributed by atoms with Crippen molar-refractivity contribution in [1.82, 2.24) is 28.7 Å². The molecule has 22 nitrogen and oxygen atoms in total. The second-order valence-electron chi connectivity index (χ2n) is 33.7. The van der Waals surface area contributed by atoms with Gasteiger partial charge in [0.15, 0.2) is 49.9 Å². The van der Waals surface area contributed by atoms with Crippen LogP contribution in [-0.2, 0) is 115 Å². The molecule has 0 bridgehead atoms. The first-order valence-electron chi connectivity index (χ1n) is 38.9. The summed E-state index contributed by atoms with van der Waals surface area (Å²) in [4.78, 5) is 12.2. The van der Waals surface area contributed by atoms with E-state index >= 15 is 26.3 Å². The number of hydrogen-bond acceptors (Lipinski definition) is 19. The van der Waals surface area contributed by atoms with Crippen molar-refractivity contribution in [3.63, 3.8) is 0 Å². The fourth-order valence-electron chi connectivity index (χ4n) is 14.8. The smallest absolute Gasteiger partial charge is 0.384 e. The number of aliphatic hydroxyl groups is 3. The summed E-state index contributed by atoms with van der Waals surface area (Å²) in [5.41, 5.74) is -8.82. The number of halogens is 12. The largest absolute Gasteiger partial charge is 0.481 e. The third-order valence-electron chi connectivity index (χ3n) is 21.3. The molecule has 0 amide bonds. The summed E-state index contributed by atoms with van der Waals surface area (Å²) in [6.45, 7) is 12.8. The van der Waals surface area contributed by atoms with Gasteiger partial charge in [0.1, 0.15) is 69.2 Å². The van der Waals surface area contributed by atoms with Gasteiger partial charge in [0, 0.05) is 101 Å². The summed E-state index contributed by atoms with van der Waals surface area (Å²) in [7, 11) is -18.6. The molecular formula is C90H87Cl6F6N6O16PS3. The lowest BCUT2D eigenvalue weighted by Crippen LogP contribution is -2.25. The van der Waals surface area contributed by atoms with E-state index in [4.69, 9.17) is 112 Å². The lowest BCUT2D eigenvalue weighted by molar-refractivity contribution is -0.0791. The Bertz CT molecular complexity index is 6100. The zero-order valence-corrected chi connectivity index (χ0v) is 79.3. The van der Waals surface area contributed by atoms with Crippen LogP contribution in [-0.4, -0.2) is 108 Å². The van der Waals surface area contributed by atoms with Crippen molar-refractivity contribution in [2.45, 2.75) is 151 Å². The Labute approximate surface area is 766 Å². The normalized spacial score (nSPS) is 13.0. The van der Waals surface area contributed by atoms with E-state index in [1.54, 1.807) is 96.1 Å². The number of benzene rings is 9. The number of phosphoric ester groups is 1. The monoisotopic (exact) mass is 1960 g/mol. The maximum absolute atomic E-state index is 16.8. The van der Waals surface area contributed by atoms with Gasteiger partial charge in [-0.1, -0.05) is 106 Å². The molecule has 0 aliphatic heterocycles. The van der Waals surface area contributed by atoms with Crippen LogP contribution in [0, 0.1) is 34.9 Å². The molecule has 0 radical (unpaired) electrons. The number of imidazole rings is 3. The van der Waals surface area contributed by atoms with Gasteiger partial charge >= 0.3 is 7.82 Å². The average molecular weight is 1960 g/mol. The second-order valence-corrected chi connectivity index (χ2v) is 43.7. The van der Waals surface area contributed by atoms with E-state index in [9.17, 15) is 45.1 Å². The first-order valence-corrected chi connectivity index (χ1v) is 48.3. The Morgan fingerprint density at radius 2 is 0.562 bits per heavy atom. The van der Waals surface area contributed by atoms with Gasteiger partial charge in [-0.15, -0.1) is 0 Å². The van der Waals surface area contributed by atoms with Crippen LogP contribution in [0.1, 0.15) is 151 Å². The van der Waals surface area contributed by atoms with Crippen LogP contribution in [0.4, 0.5) is 26.3 Å². The van der Waals surface area contributed by atoms with Crippen LogP contribution in [0.3, 0.4) is 0 Å². The minimum atomic E-state index is -5.32. The van der Waals surface area contributed by atoms with E-state index in [-0.39, 0.29) is 115 Å². The molecule has 0 saturated carbocycles. The van der Waals surface area contributed by atoms with Crippen molar-refractivity contribution in [3.05, 3.63) is 297 Å². The number of ether oxygens (including phenoxy) is 3. The van der Waals surface area contributed by atoms with Gasteiger partial charge in [0.2, 0.25) is 0 Å². The highest BCUT2D eigenvalue weighted by atomic mass is 35.5. The first-order chi connectivity index (χ1) is 59.3.